The first kappa shape index (κ1) is 11.7. The van der Waals surface area contributed by atoms with Crippen molar-refractivity contribution in [3.8, 4) is 0 Å². The minimum Gasteiger partial charge on any atom is -0.310 e. The van der Waals surface area contributed by atoms with Crippen molar-refractivity contribution in [2.75, 3.05) is 0 Å². The van der Waals surface area contributed by atoms with E-state index in [4.69, 9.17) is 0 Å². The number of hydrogen-bond donors (Lipinski definition) is 1. The lowest BCUT2D eigenvalue weighted by Crippen LogP contribution is -2.34. The molecule has 2 bridgehead atoms. The molecule has 0 amide bonds. The highest BCUT2D eigenvalue weighted by Gasteiger charge is 2.33. The van der Waals surface area contributed by atoms with E-state index in [0.717, 1.165) is 24.4 Å². The fraction of sp³-hybridized carbons (Fsp3) is 0.600. The lowest BCUT2D eigenvalue weighted by Gasteiger charge is -2.28. The first-order valence-electron chi connectivity index (χ1n) is 6.77. The third-order valence-electron chi connectivity index (χ3n) is 4.37. The van der Waals surface area contributed by atoms with Crippen LogP contribution in [0.2, 0.25) is 0 Å². The molecule has 2 heteroatoms. The van der Waals surface area contributed by atoms with Crippen LogP contribution in [0, 0.1) is 11.8 Å². The molecule has 0 saturated heterocycles. The Kier molecular flexibility index (Phi) is 3.53. The van der Waals surface area contributed by atoms with Gasteiger partial charge in [0.1, 0.15) is 0 Å². The van der Waals surface area contributed by atoms with Gasteiger partial charge in [0.15, 0.2) is 0 Å². The van der Waals surface area contributed by atoms with E-state index in [2.05, 4.69) is 45.5 Å². The highest BCUT2D eigenvalue weighted by molar-refractivity contribution is 9.10. The summed E-state index contributed by atoms with van der Waals surface area (Å²) in [6, 6.07) is 9.38. The Bertz CT molecular complexity index is 378. The number of benzene rings is 1. The van der Waals surface area contributed by atoms with Gasteiger partial charge in [0, 0.05) is 17.1 Å². The van der Waals surface area contributed by atoms with Gasteiger partial charge in [-0.3, -0.25) is 0 Å². The summed E-state index contributed by atoms with van der Waals surface area (Å²) < 4.78 is 1.18. The van der Waals surface area contributed by atoms with Crippen LogP contribution in [0.15, 0.2) is 28.7 Å². The van der Waals surface area contributed by atoms with Gasteiger partial charge in [-0.1, -0.05) is 40.9 Å². The normalized spacial score (nSPS) is 31.7. The summed E-state index contributed by atoms with van der Waals surface area (Å²) in [5.74, 6) is 2.04. The molecule has 0 radical (unpaired) electrons. The van der Waals surface area contributed by atoms with Crippen LogP contribution in [-0.2, 0) is 6.54 Å². The third-order valence-corrected chi connectivity index (χ3v) is 4.86. The first-order valence-corrected chi connectivity index (χ1v) is 7.57. The minimum atomic E-state index is 0.764. The SMILES string of the molecule is Brc1cccc(CNC2CC3CCC(C3)C2)c1. The Morgan fingerprint density at radius 1 is 1.12 bits per heavy atom. The molecule has 2 unspecified atom stereocenters. The summed E-state index contributed by atoms with van der Waals surface area (Å²) >= 11 is 3.53. The zero-order valence-corrected chi connectivity index (χ0v) is 11.7. The molecule has 92 valence electrons. The van der Waals surface area contributed by atoms with Crippen molar-refractivity contribution in [2.24, 2.45) is 11.8 Å². The Hall–Kier alpha value is -0.340. The molecule has 0 aromatic heterocycles. The molecule has 17 heavy (non-hydrogen) atoms. The van der Waals surface area contributed by atoms with Crippen LogP contribution in [0.5, 0.6) is 0 Å². The average Bonchev–Trinajstić information content (AvgIpc) is 2.66. The number of nitrogens with one attached hydrogen (secondary N) is 1. The second-order valence-corrected chi connectivity index (χ2v) is 6.64. The van der Waals surface area contributed by atoms with E-state index in [-0.39, 0.29) is 0 Å². The summed E-state index contributed by atoms with van der Waals surface area (Å²) in [6.07, 6.45) is 7.30. The van der Waals surface area contributed by atoms with E-state index >= 15 is 0 Å². The minimum absolute atomic E-state index is 0.764. The maximum atomic E-state index is 3.75. The summed E-state index contributed by atoms with van der Waals surface area (Å²) in [6.45, 7) is 1.02. The van der Waals surface area contributed by atoms with Crippen molar-refractivity contribution >= 4 is 15.9 Å². The van der Waals surface area contributed by atoms with Crippen LogP contribution in [-0.4, -0.2) is 6.04 Å². The van der Waals surface area contributed by atoms with Crippen LogP contribution in [0.4, 0.5) is 0 Å². The molecule has 0 spiro atoms. The molecule has 1 N–H and O–H groups in total. The smallest absolute Gasteiger partial charge is 0.0208 e. The van der Waals surface area contributed by atoms with Gasteiger partial charge in [-0.05, 0) is 48.8 Å². The first-order chi connectivity index (χ1) is 8.29. The van der Waals surface area contributed by atoms with Crippen molar-refractivity contribution in [3.05, 3.63) is 34.3 Å². The molecule has 1 aromatic rings. The maximum absolute atomic E-state index is 3.75. The van der Waals surface area contributed by atoms with Crippen LogP contribution >= 0.6 is 15.9 Å². The van der Waals surface area contributed by atoms with E-state index in [9.17, 15) is 0 Å². The van der Waals surface area contributed by atoms with E-state index < -0.39 is 0 Å². The van der Waals surface area contributed by atoms with Gasteiger partial charge in [-0.2, -0.15) is 0 Å². The standard InChI is InChI=1S/C15H20BrN/c16-14-3-1-2-13(7-14)10-17-15-8-11-4-5-12(6-11)9-15/h1-3,7,11-12,15,17H,4-6,8-10H2. The lowest BCUT2D eigenvalue weighted by molar-refractivity contribution is 0.280. The number of fused-ring (bicyclic) bond motifs is 2. The van der Waals surface area contributed by atoms with Gasteiger partial charge in [-0.15, -0.1) is 0 Å². The lowest BCUT2D eigenvalue weighted by atomic mass is 9.85. The van der Waals surface area contributed by atoms with Gasteiger partial charge >= 0.3 is 0 Å². The Morgan fingerprint density at radius 3 is 2.59 bits per heavy atom. The third kappa shape index (κ3) is 2.92. The largest absolute Gasteiger partial charge is 0.310 e. The van der Waals surface area contributed by atoms with Crippen LogP contribution in [0.25, 0.3) is 0 Å². The molecule has 2 atom stereocenters. The van der Waals surface area contributed by atoms with Gasteiger partial charge in [0.05, 0.1) is 0 Å². The van der Waals surface area contributed by atoms with Crippen molar-refractivity contribution < 1.29 is 0 Å². The van der Waals surface area contributed by atoms with Gasteiger partial charge in [0.2, 0.25) is 0 Å². The topological polar surface area (TPSA) is 12.0 Å². The quantitative estimate of drug-likeness (QED) is 0.884. The predicted octanol–water partition coefficient (Wildman–Crippen LogP) is 4.12. The summed E-state index contributed by atoms with van der Waals surface area (Å²) in [5, 5.41) is 3.75. The Morgan fingerprint density at radius 2 is 1.88 bits per heavy atom. The summed E-state index contributed by atoms with van der Waals surface area (Å²) in [5.41, 5.74) is 1.39. The molecule has 3 rings (SSSR count). The van der Waals surface area contributed by atoms with Gasteiger partial charge < -0.3 is 5.32 Å². The van der Waals surface area contributed by atoms with Gasteiger partial charge in [0.25, 0.3) is 0 Å². The number of hydrogen-bond acceptors (Lipinski definition) is 1. The van der Waals surface area contributed by atoms with E-state index in [0.29, 0.717) is 0 Å². The second-order valence-electron chi connectivity index (χ2n) is 5.72. The van der Waals surface area contributed by atoms with E-state index in [1.54, 1.807) is 0 Å². The monoisotopic (exact) mass is 293 g/mol. The van der Waals surface area contributed by atoms with Gasteiger partial charge in [-0.25, -0.2) is 0 Å². The molecule has 2 aliphatic carbocycles. The second kappa shape index (κ2) is 5.11. The highest BCUT2D eigenvalue weighted by Crippen LogP contribution is 2.41. The Labute approximate surface area is 112 Å². The maximum Gasteiger partial charge on any atom is 0.0208 e. The van der Waals surface area contributed by atoms with Crippen LogP contribution in [0.1, 0.15) is 37.7 Å². The van der Waals surface area contributed by atoms with Crippen molar-refractivity contribution in [2.45, 2.75) is 44.7 Å². The highest BCUT2D eigenvalue weighted by atomic mass is 79.9. The zero-order valence-electron chi connectivity index (χ0n) is 10.2. The fourth-order valence-corrected chi connectivity index (χ4v) is 4.03. The van der Waals surface area contributed by atoms with E-state index in [1.807, 2.05) is 0 Å². The predicted molar refractivity (Wildman–Crippen MR) is 74.8 cm³/mol. The summed E-state index contributed by atoms with van der Waals surface area (Å²) in [4.78, 5) is 0. The summed E-state index contributed by atoms with van der Waals surface area (Å²) in [7, 11) is 0. The molecular formula is C15H20BrN. The molecule has 1 aromatic carbocycles. The average molecular weight is 294 g/mol. The number of halogens is 1. The van der Waals surface area contributed by atoms with Crippen molar-refractivity contribution in [1.29, 1.82) is 0 Å². The Balaban J connectivity index is 1.54. The molecular weight excluding hydrogens is 274 g/mol. The van der Waals surface area contributed by atoms with E-state index in [1.165, 1.54) is 42.1 Å². The van der Waals surface area contributed by atoms with Crippen molar-refractivity contribution in [1.82, 2.24) is 5.32 Å². The fourth-order valence-electron chi connectivity index (χ4n) is 3.58. The molecule has 2 fully saturated rings. The molecule has 0 heterocycles. The number of rotatable bonds is 3. The van der Waals surface area contributed by atoms with Crippen LogP contribution < -0.4 is 5.32 Å². The van der Waals surface area contributed by atoms with Crippen LogP contribution in [0.3, 0.4) is 0 Å². The molecule has 2 saturated carbocycles. The molecule has 0 aliphatic heterocycles. The molecule has 1 nitrogen and oxygen atoms in total. The van der Waals surface area contributed by atoms with Crippen molar-refractivity contribution in [3.63, 3.8) is 0 Å². The molecule has 2 aliphatic rings. The zero-order chi connectivity index (χ0) is 11.7.